The summed E-state index contributed by atoms with van der Waals surface area (Å²) in [6.07, 6.45) is 1.57. The van der Waals surface area contributed by atoms with Gasteiger partial charge in [-0.1, -0.05) is 23.7 Å². The number of aryl methyl sites for hydroxylation is 1. The molecule has 1 aliphatic rings. The fourth-order valence-electron chi connectivity index (χ4n) is 3.94. The Morgan fingerprint density at radius 3 is 2.59 bits per heavy atom. The number of amides is 3. The molecule has 1 fully saturated rings. The lowest BCUT2D eigenvalue weighted by molar-refractivity contribution is -0.384. The fourth-order valence-corrected chi connectivity index (χ4v) is 4.96. The summed E-state index contributed by atoms with van der Waals surface area (Å²) < 4.78 is 7.18. The molecular weight excluding hydrogens is 520 g/mol. The van der Waals surface area contributed by atoms with Gasteiger partial charge >= 0.3 is 0 Å². The van der Waals surface area contributed by atoms with E-state index >= 15 is 0 Å². The van der Waals surface area contributed by atoms with Gasteiger partial charge in [-0.3, -0.25) is 29.4 Å². The monoisotopic (exact) mass is 540 g/mol. The van der Waals surface area contributed by atoms with E-state index in [9.17, 15) is 24.5 Å². The van der Waals surface area contributed by atoms with Crippen molar-refractivity contribution in [3.63, 3.8) is 0 Å². The van der Waals surface area contributed by atoms with E-state index in [-0.39, 0.29) is 10.6 Å². The molecule has 1 N–H and O–H groups in total. The van der Waals surface area contributed by atoms with Crippen molar-refractivity contribution in [3.8, 4) is 11.4 Å². The van der Waals surface area contributed by atoms with E-state index in [2.05, 4.69) is 5.32 Å². The van der Waals surface area contributed by atoms with E-state index < -0.39 is 28.5 Å². The summed E-state index contributed by atoms with van der Waals surface area (Å²) in [6.45, 7) is 3.14. The quantitative estimate of drug-likeness (QED) is 0.244. The van der Waals surface area contributed by atoms with E-state index in [0.29, 0.717) is 33.4 Å². The maximum absolute atomic E-state index is 13.0. The van der Waals surface area contributed by atoms with Crippen LogP contribution < -0.4 is 10.1 Å². The Hall–Kier alpha value is -4.09. The van der Waals surface area contributed by atoms with E-state index in [0.717, 1.165) is 22.4 Å². The van der Waals surface area contributed by atoms with E-state index in [1.165, 1.54) is 25.3 Å². The highest BCUT2D eigenvalue weighted by molar-refractivity contribution is 8.18. The highest BCUT2D eigenvalue weighted by Crippen LogP contribution is 2.35. The van der Waals surface area contributed by atoms with Crippen molar-refractivity contribution in [3.05, 3.63) is 85.5 Å². The molecule has 10 nitrogen and oxygen atoms in total. The molecule has 1 aliphatic heterocycles. The number of carbonyl (C=O) groups excluding carboxylic acids is 3. The second kappa shape index (κ2) is 10.5. The zero-order valence-corrected chi connectivity index (χ0v) is 21.6. The van der Waals surface area contributed by atoms with Crippen LogP contribution in [0.3, 0.4) is 0 Å². The van der Waals surface area contributed by atoms with Crippen molar-refractivity contribution in [2.24, 2.45) is 0 Å². The van der Waals surface area contributed by atoms with Crippen LogP contribution in [-0.4, -0.2) is 45.1 Å². The van der Waals surface area contributed by atoms with Gasteiger partial charge in [-0.15, -0.1) is 0 Å². The first-order valence-corrected chi connectivity index (χ1v) is 12.1. The van der Waals surface area contributed by atoms with Gasteiger partial charge < -0.3 is 14.6 Å². The number of hydrogen-bond acceptors (Lipinski definition) is 7. The number of nitrogens with zero attached hydrogens (tertiary/aromatic N) is 3. The van der Waals surface area contributed by atoms with Crippen LogP contribution in [0.2, 0.25) is 5.02 Å². The molecule has 2 aromatic carbocycles. The van der Waals surface area contributed by atoms with Gasteiger partial charge in [-0.2, -0.15) is 0 Å². The third kappa shape index (κ3) is 5.23. The number of para-hydroxylation sites is 1. The van der Waals surface area contributed by atoms with Crippen LogP contribution in [0.1, 0.15) is 17.0 Å². The third-order valence-electron chi connectivity index (χ3n) is 5.69. The van der Waals surface area contributed by atoms with Gasteiger partial charge in [0.2, 0.25) is 5.91 Å². The maximum atomic E-state index is 13.0. The van der Waals surface area contributed by atoms with Crippen molar-refractivity contribution in [2.45, 2.75) is 13.8 Å². The van der Waals surface area contributed by atoms with Crippen LogP contribution in [0.4, 0.5) is 16.2 Å². The number of rotatable bonds is 7. The van der Waals surface area contributed by atoms with Gasteiger partial charge in [-0.25, -0.2) is 0 Å². The molecule has 3 amide bonds. The molecule has 3 aromatic rings. The molecule has 12 heteroatoms. The van der Waals surface area contributed by atoms with E-state index in [4.69, 9.17) is 16.3 Å². The molecule has 0 spiro atoms. The maximum Gasteiger partial charge on any atom is 0.294 e. The first-order chi connectivity index (χ1) is 17.6. The number of aromatic nitrogens is 1. The highest BCUT2D eigenvalue weighted by atomic mass is 35.5. The van der Waals surface area contributed by atoms with Gasteiger partial charge in [0.25, 0.3) is 16.8 Å². The summed E-state index contributed by atoms with van der Waals surface area (Å²) in [5, 5.41) is 13.7. The Balaban J connectivity index is 1.60. The number of anilines is 1. The molecule has 190 valence electrons. The van der Waals surface area contributed by atoms with Gasteiger partial charge in [0.15, 0.2) is 0 Å². The van der Waals surface area contributed by atoms with Gasteiger partial charge in [0, 0.05) is 23.5 Å². The largest absolute Gasteiger partial charge is 0.495 e. The minimum absolute atomic E-state index is 0.0963. The molecule has 1 saturated heterocycles. The first kappa shape index (κ1) is 26.0. The van der Waals surface area contributed by atoms with Crippen LogP contribution in [0.5, 0.6) is 5.75 Å². The van der Waals surface area contributed by atoms with Crippen molar-refractivity contribution in [1.82, 2.24) is 9.47 Å². The average Bonchev–Trinajstić information content (AvgIpc) is 3.28. The molecule has 0 radical (unpaired) electrons. The highest BCUT2D eigenvalue weighted by Gasteiger charge is 2.36. The Morgan fingerprint density at radius 1 is 1.19 bits per heavy atom. The molecule has 0 saturated carbocycles. The number of methoxy groups -OCH3 is 1. The Morgan fingerprint density at radius 2 is 1.92 bits per heavy atom. The topological polar surface area (TPSA) is 124 Å². The number of nitro benzene ring substituents is 1. The zero-order valence-electron chi connectivity index (χ0n) is 20.0. The smallest absolute Gasteiger partial charge is 0.294 e. The zero-order chi connectivity index (χ0) is 26.9. The van der Waals surface area contributed by atoms with Crippen molar-refractivity contribution in [1.29, 1.82) is 0 Å². The molecule has 37 heavy (non-hydrogen) atoms. The number of ether oxygens (including phenoxy) is 1. The Bertz CT molecular complexity index is 1480. The van der Waals surface area contributed by atoms with Crippen molar-refractivity contribution >= 4 is 57.9 Å². The molecule has 0 atom stereocenters. The van der Waals surface area contributed by atoms with Crippen molar-refractivity contribution < 1.29 is 24.0 Å². The normalized spacial score (nSPS) is 14.4. The lowest BCUT2D eigenvalue weighted by Gasteiger charge is -2.14. The van der Waals surface area contributed by atoms with Crippen LogP contribution in [-0.2, 0) is 9.59 Å². The Labute approximate surface area is 221 Å². The molecule has 1 aromatic heterocycles. The Kier molecular flexibility index (Phi) is 7.37. The number of imide groups is 1. The lowest BCUT2D eigenvalue weighted by Crippen LogP contribution is -2.36. The summed E-state index contributed by atoms with van der Waals surface area (Å²) in [4.78, 5) is 49.8. The number of nitro groups is 1. The average molecular weight is 541 g/mol. The minimum atomic E-state index is -0.595. The van der Waals surface area contributed by atoms with Gasteiger partial charge in [-0.05, 0) is 61.5 Å². The van der Waals surface area contributed by atoms with Crippen LogP contribution in [0.25, 0.3) is 11.8 Å². The summed E-state index contributed by atoms with van der Waals surface area (Å²) in [5.74, 6) is -0.724. The molecular formula is C25H21ClN4O6S. The summed E-state index contributed by atoms with van der Waals surface area (Å²) in [5.41, 5.74) is 2.80. The fraction of sp³-hybridized carbons (Fsp3) is 0.160. The number of hydrogen-bond donors (Lipinski definition) is 1. The predicted octanol–water partition coefficient (Wildman–Crippen LogP) is 5.34. The number of benzene rings is 2. The molecule has 0 unspecified atom stereocenters. The predicted molar refractivity (Wildman–Crippen MR) is 141 cm³/mol. The van der Waals surface area contributed by atoms with Crippen molar-refractivity contribution in [2.75, 3.05) is 19.0 Å². The molecule has 2 heterocycles. The molecule has 0 bridgehead atoms. The third-order valence-corrected chi connectivity index (χ3v) is 6.93. The molecule has 4 rings (SSSR count). The standard InChI is InChI=1S/C25H21ClN4O6S/c1-14-10-16(15(2)29(14)20-12-17(30(34)35)8-9-21(20)36-3)11-22-24(32)28(25(33)37-22)13-23(31)27-19-7-5-4-6-18(19)26/h4-12H,13H2,1-3H3,(H,27,31)/b22-11+. The van der Waals surface area contributed by atoms with Crippen LogP contribution >= 0.6 is 23.4 Å². The minimum Gasteiger partial charge on any atom is -0.495 e. The number of thioether (sulfide) groups is 1. The number of non-ortho nitro benzene ring substituents is 1. The summed E-state index contributed by atoms with van der Waals surface area (Å²) >= 11 is 6.79. The van der Waals surface area contributed by atoms with Crippen LogP contribution in [0.15, 0.2) is 53.4 Å². The van der Waals surface area contributed by atoms with Gasteiger partial charge in [0.05, 0.1) is 33.3 Å². The number of nitrogens with one attached hydrogen (secondary N) is 1. The van der Waals surface area contributed by atoms with E-state index in [1.807, 2.05) is 6.92 Å². The first-order valence-electron chi connectivity index (χ1n) is 10.9. The van der Waals surface area contributed by atoms with Crippen LogP contribution in [0, 0.1) is 24.0 Å². The summed E-state index contributed by atoms with van der Waals surface area (Å²) in [6, 6.07) is 12.7. The second-order valence-electron chi connectivity index (χ2n) is 8.07. The van der Waals surface area contributed by atoms with E-state index in [1.54, 1.807) is 47.9 Å². The second-order valence-corrected chi connectivity index (χ2v) is 9.47. The van der Waals surface area contributed by atoms with Gasteiger partial charge in [0.1, 0.15) is 12.3 Å². The molecule has 0 aliphatic carbocycles. The lowest BCUT2D eigenvalue weighted by atomic mass is 10.2. The number of halogens is 1. The SMILES string of the molecule is COc1ccc([N+](=O)[O-])cc1-n1c(C)cc(/C=C2/SC(=O)N(CC(=O)Nc3ccccc3Cl)C2=O)c1C. The summed E-state index contributed by atoms with van der Waals surface area (Å²) in [7, 11) is 1.47. The number of carbonyl (C=O) groups is 3.